The minimum absolute atomic E-state index is 0.0155. The van der Waals surface area contributed by atoms with Gasteiger partial charge in [0, 0.05) is 17.9 Å². The van der Waals surface area contributed by atoms with E-state index in [0.29, 0.717) is 17.0 Å². The number of rotatable bonds is 6. The van der Waals surface area contributed by atoms with Gasteiger partial charge in [0.25, 0.3) is 0 Å². The first-order valence-electron chi connectivity index (χ1n) is 8.43. The summed E-state index contributed by atoms with van der Waals surface area (Å²) in [5.41, 5.74) is -0.0155. The van der Waals surface area contributed by atoms with Crippen molar-refractivity contribution in [2.45, 2.75) is 69.3 Å². The minimum atomic E-state index is -0.0155. The summed E-state index contributed by atoms with van der Waals surface area (Å²) in [5, 5.41) is 7.24. The Balaban J connectivity index is 1.71. The van der Waals surface area contributed by atoms with Crippen molar-refractivity contribution >= 4 is 17.7 Å². The first-order valence-corrected chi connectivity index (χ1v) is 9.48. The molecule has 0 bridgehead atoms. The number of hydrogen-bond donors (Lipinski definition) is 2. The molecule has 2 fully saturated rings. The number of thioether (sulfide) groups is 1. The van der Waals surface area contributed by atoms with Gasteiger partial charge in [-0.15, -0.1) is 11.8 Å². The lowest BCUT2D eigenvalue weighted by molar-refractivity contribution is -0.123. The van der Waals surface area contributed by atoms with E-state index in [1.807, 2.05) is 11.8 Å². The van der Waals surface area contributed by atoms with Crippen LogP contribution in [0.2, 0.25) is 0 Å². The molecule has 0 aromatic rings. The fourth-order valence-corrected chi connectivity index (χ4v) is 4.36. The molecule has 122 valence electrons. The summed E-state index contributed by atoms with van der Waals surface area (Å²) in [6.45, 7) is 7.32. The maximum atomic E-state index is 12.2. The lowest BCUT2D eigenvalue weighted by Gasteiger charge is -2.40. The topological polar surface area (TPSA) is 50.4 Å². The predicted molar refractivity (Wildman–Crippen MR) is 88.8 cm³/mol. The Labute approximate surface area is 133 Å². The van der Waals surface area contributed by atoms with E-state index in [9.17, 15) is 4.79 Å². The molecule has 0 spiro atoms. The fourth-order valence-electron chi connectivity index (χ4n) is 3.32. The molecule has 2 N–H and O–H groups in total. The summed E-state index contributed by atoms with van der Waals surface area (Å²) in [6.07, 6.45) is 6.34. The number of amides is 1. The van der Waals surface area contributed by atoms with Crippen molar-refractivity contribution in [3.8, 4) is 0 Å². The van der Waals surface area contributed by atoms with Gasteiger partial charge in [-0.25, -0.2) is 0 Å². The van der Waals surface area contributed by atoms with Gasteiger partial charge in [0.2, 0.25) is 5.91 Å². The highest BCUT2D eigenvalue weighted by Gasteiger charge is 2.35. The molecular formula is C16H30N2O2S. The Bertz CT molecular complexity index is 328. The van der Waals surface area contributed by atoms with Crippen LogP contribution in [0.4, 0.5) is 0 Å². The van der Waals surface area contributed by atoms with E-state index >= 15 is 0 Å². The predicted octanol–water partition coefficient (Wildman–Crippen LogP) is 2.33. The van der Waals surface area contributed by atoms with E-state index < -0.39 is 0 Å². The highest BCUT2D eigenvalue weighted by atomic mass is 32.2. The molecule has 0 aliphatic carbocycles. The summed E-state index contributed by atoms with van der Waals surface area (Å²) in [5.74, 6) is 0.805. The van der Waals surface area contributed by atoms with Gasteiger partial charge in [0.1, 0.15) is 0 Å². The maximum absolute atomic E-state index is 12.2. The third-order valence-corrected chi connectivity index (χ3v) is 6.25. The van der Waals surface area contributed by atoms with Crippen LogP contribution in [0.3, 0.4) is 0 Å². The molecule has 2 heterocycles. The largest absolute Gasteiger partial charge is 0.375 e. The van der Waals surface area contributed by atoms with E-state index in [1.54, 1.807) is 0 Å². The van der Waals surface area contributed by atoms with Crippen LogP contribution in [0.5, 0.6) is 0 Å². The molecule has 2 rings (SSSR count). The van der Waals surface area contributed by atoms with Crippen LogP contribution in [0.25, 0.3) is 0 Å². The van der Waals surface area contributed by atoms with E-state index in [0.717, 1.165) is 45.4 Å². The average molecular weight is 314 g/mol. The van der Waals surface area contributed by atoms with Crippen LogP contribution in [0.15, 0.2) is 0 Å². The van der Waals surface area contributed by atoms with Gasteiger partial charge in [0.15, 0.2) is 0 Å². The van der Waals surface area contributed by atoms with Gasteiger partial charge in [-0.05, 0) is 51.6 Å². The summed E-state index contributed by atoms with van der Waals surface area (Å²) in [7, 11) is 0. The number of ether oxygens (including phenoxy) is 1. The molecular weight excluding hydrogens is 284 g/mol. The number of carbonyl (C=O) groups excluding carboxylic acids is 1. The third-order valence-electron chi connectivity index (χ3n) is 4.88. The Morgan fingerprint density at radius 1 is 1.29 bits per heavy atom. The molecule has 2 saturated heterocycles. The zero-order valence-corrected chi connectivity index (χ0v) is 14.3. The summed E-state index contributed by atoms with van der Waals surface area (Å²) in [4.78, 5) is 12.2. The highest BCUT2D eigenvalue weighted by molar-refractivity contribution is 8.00. The zero-order valence-electron chi connectivity index (χ0n) is 13.5. The first-order chi connectivity index (χ1) is 10.2. The molecule has 2 aliphatic heterocycles. The van der Waals surface area contributed by atoms with Crippen molar-refractivity contribution in [1.82, 2.24) is 10.6 Å². The highest BCUT2D eigenvalue weighted by Crippen LogP contribution is 2.31. The lowest BCUT2D eigenvalue weighted by atomic mass is 9.86. The smallest absolute Gasteiger partial charge is 0.230 e. The van der Waals surface area contributed by atoms with Crippen molar-refractivity contribution in [1.29, 1.82) is 0 Å². The molecule has 5 heteroatoms. The van der Waals surface area contributed by atoms with Crippen molar-refractivity contribution < 1.29 is 9.53 Å². The van der Waals surface area contributed by atoms with Crippen molar-refractivity contribution in [3.05, 3.63) is 0 Å². The van der Waals surface area contributed by atoms with Crippen molar-refractivity contribution in [2.75, 3.05) is 25.4 Å². The van der Waals surface area contributed by atoms with Crippen LogP contribution >= 0.6 is 11.8 Å². The van der Waals surface area contributed by atoms with Gasteiger partial charge in [0.05, 0.1) is 11.4 Å². The quantitative estimate of drug-likeness (QED) is 0.790. The Kier molecular flexibility index (Phi) is 6.83. The molecule has 4 nitrogen and oxygen atoms in total. The number of carbonyl (C=O) groups is 1. The summed E-state index contributed by atoms with van der Waals surface area (Å²) < 4.78 is 5.97. The number of piperidine rings is 1. The molecule has 1 atom stereocenters. The number of nitrogens with one attached hydrogen (secondary N) is 2. The molecule has 0 aromatic heterocycles. The second-order valence-electron chi connectivity index (χ2n) is 6.26. The molecule has 0 radical (unpaired) electrons. The number of hydrogen-bond acceptors (Lipinski definition) is 4. The Morgan fingerprint density at radius 2 is 2.00 bits per heavy atom. The summed E-state index contributed by atoms with van der Waals surface area (Å²) in [6, 6.07) is 0.291. The van der Waals surface area contributed by atoms with E-state index in [-0.39, 0.29) is 11.5 Å². The van der Waals surface area contributed by atoms with Crippen molar-refractivity contribution in [2.24, 2.45) is 0 Å². The van der Waals surface area contributed by atoms with Crippen LogP contribution in [0, 0.1) is 0 Å². The second kappa shape index (κ2) is 8.39. The molecule has 1 unspecified atom stereocenters. The van der Waals surface area contributed by atoms with Crippen LogP contribution in [-0.4, -0.2) is 48.2 Å². The monoisotopic (exact) mass is 314 g/mol. The normalized spacial score (nSPS) is 26.5. The average Bonchev–Trinajstić information content (AvgIpc) is 2.54. The molecule has 2 aliphatic rings. The second-order valence-corrected chi connectivity index (χ2v) is 7.54. The standard InChI is InChI=1S/C16H30N2O2S/c1-3-16(4-2)11-13(7-10-20-16)18-15(19)12-21-14-5-8-17-9-6-14/h13-14,17H,3-12H2,1-2H3,(H,18,19). The van der Waals surface area contributed by atoms with Gasteiger partial charge in [-0.3, -0.25) is 4.79 Å². The van der Waals surface area contributed by atoms with Crippen LogP contribution in [0.1, 0.15) is 52.4 Å². The third kappa shape index (κ3) is 5.15. The van der Waals surface area contributed by atoms with E-state index in [4.69, 9.17) is 4.74 Å². The summed E-state index contributed by atoms with van der Waals surface area (Å²) >= 11 is 1.82. The van der Waals surface area contributed by atoms with E-state index in [2.05, 4.69) is 24.5 Å². The lowest BCUT2D eigenvalue weighted by Crippen LogP contribution is -2.48. The Morgan fingerprint density at radius 3 is 2.67 bits per heavy atom. The SMILES string of the molecule is CCC1(CC)CC(NC(=O)CSC2CCNCC2)CCO1. The van der Waals surface area contributed by atoms with Crippen molar-refractivity contribution in [3.63, 3.8) is 0 Å². The maximum Gasteiger partial charge on any atom is 0.230 e. The van der Waals surface area contributed by atoms with E-state index in [1.165, 1.54) is 12.8 Å². The molecule has 0 aromatic carbocycles. The Hall–Kier alpha value is -0.260. The fraction of sp³-hybridized carbons (Fsp3) is 0.938. The zero-order chi connectivity index (χ0) is 15.1. The molecule has 21 heavy (non-hydrogen) atoms. The van der Waals surface area contributed by atoms with Crippen LogP contribution in [-0.2, 0) is 9.53 Å². The molecule has 1 amide bonds. The van der Waals surface area contributed by atoms with Gasteiger partial charge >= 0.3 is 0 Å². The van der Waals surface area contributed by atoms with Gasteiger partial charge < -0.3 is 15.4 Å². The molecule has 0 saturated carbocycles. The van der Waals surface area contributed by atoms with Gasteiger partial charge in [-0.1, -0.05) is 13.8 Å². The van der Waals surface area contributed by atoms with Crippen LogP contribution < -0.4 is 10.6 Å². The first kappa shape index (κ1) is 17.1. The minimum Gasteiger partial charge on any atom is -0.375 e. The van der Waals surface area contributed by atoms with Gasteiger partial charge in [-0.2, -0.15) is 0 Å².